The fourth-order valence-corrected chi connectivity index (χ4v) is 3.94. The quantitative estimate of drug-likeness (QED) is 0.513. The van der Waals surface area contributed by atoms with Gasteiger partial charge >= 0.3 is 11.9 Å². The van der Waals surface area contributed by atoms with Crippen LogP contribution < -0.4 is 5.43 Å². The molecule has 1 aliphatic heterocycles. The highest BCUT2D eigenvalue weighted by Crippen LogP contribution is 2.34. The Hall–Kier alpha value is -0.930. The second-order valence-corrected chi connectivity index (χ2v) is 7.12. The summed E-state index contributed by atoms with van der Waals surface area (Å²) in [6.07, 6.45) is 0. The first kappa shape index (κ1) is 16.4. The molecule has 1 fully saturated rings. The Morgan fingerprint density at radius 1 is 1.05 bits per heavy atom. The number of benzene rings is 1. The summed E-state index contributed by atoms with van der Waals surface area (Å²) in [5.41, 5.74) is 2.74. The van der Waals surface area contributed by atoms with Crippen molar-refractivity contribution in [1.82, 2.24) is 0 Å². The normalized spacial score (nSPS) is 17.1. The molecule has 0 unspecified atom stereocenters. The number of hydrogen-bond acceptors (Lipinski definition) is 6. The number of nitrogens with zero attached hydrogens (tertiary/aromatic N) is 1. The summed E-state index contributed by atoms with van der Waals surface area (Å²) in [6.45, 7) is 2.93. The van der Waals surface area contributed by atoms with Crippen LogP contribution in [0.1, 0.15) is 13.8 Å². The molecule has 0 spiro atoms. The highest BCUT2D eigenvalue weighted by atomic mass is 79.9. The van der Waals surface area contributed by atoms with Crippen LogP contribution in [0, 0.1) is 0 Å². The molecule has 6 nitrogen and oxygen atoms in total. The van der Waals surface area contributed by atoms with Crippen LogP contribution in [0.15, 0.2) is 30.7 Å². The molecule has 1 N–H and O–H groups in total. The fourth-order valence-electron chi connectivity index (χ4n) is 1.50. The second kappa shape index (κ2) is 6.05. The average Bonchev–Trinajstić information content (AvgIpc) is 2.29. The smallest absolute Gasteiger partial charge is 0.369 e. The molecule has 1 aromatic carbocycles. The van der Waals surface area contributed by atoms with Gasteiger partial charge in [0, 0.05) is 27.3 Å². The predicted octanol–water partition coefficient (Wildman–Crippen LogP) is 3.58. The molecule has 0 aromatic heterocycles. The van der Waals surface area contributed by atoms with Crippen molar-refractivity contribution < 1.29 is 19.1 Å². The maximum absolute atomic E-state index is 11.7. The third kappa shape index (κ3) is 3.83. The van der Waals surface area contributed by atoms with Crippen molar-refractivity contribution in [3.05, 3.63) is 25.6 Å². The van der Waals surface area contributed by atoms with Crippen LogP contribution in [-0.2, 0) is 19.1 Å². The van der Waals surface area contributed by atoms with Crippen molar-refractivity contribution >= 4 is 71.1 Å². The molecule has 0 amide bonds. The summed E-state index contributed by atoms with van der Waals surface area (Å²) in [7, 11) is 0. The maximum Gasteiger partial charge on any atom is 0.369 e. The number of halogens is 3. The van der Waals surface area contributed by atoms with E-state index in [2.05, 4.69) is 58.3 Å². The van der Waals surface area contributed by atoms with E-state index in [1.54, 1.807) is 12.1 Å². The van der Waals surface area contributed by atoms with E-state index >= 15 is 0 Å². The van der Waals surface area contributed by atoms with Gasteiger partial charge < -0.3 is 9.47 Å². The van der Waals surface area contributed by atoms with Crippen molar-refractivity contribution in [2.75, 3.05) is 5.43 Å². The molecule has 112 valence electrons. The number of ether oxygens (including phenoxy) is 2. The summed E-state index contributed by atoms with van der Waals surface area (Å²) >= 11 is 10.0. The van der Waals surface area contributed by atoms with Gasteiger partial charge in [0.15, 0.2) is 0 Å². The molecule has 1 saturated heterocycles. The standard InChI is InChI=1S/C12H9Br3N2O4/c1-12(2)20-10(18)9(11(19)21-12)17-16-8-6(14)3-5(13)4-7(8)15/h3-4,16H,1-2H3. The van der Waals surface area contributed by atoms with Crippen LogP contribution in [0.5, 0.6) is 0 Å². The molecular weight excluding hydrogens is 476 g/mol. The van der Waals surface area contributed by atoms with E-state index in [-0.39, 0.29) is 0 Å². The Bertz CT molecular complexity index is 613. The number of carbonyl (C=O) groups excluding carboxylic acids is 2. The van der Waals surface area contributed by atoms with Crippen LogP contribution in [0.25, 0.3) is 0 Å². The second-order valence-electron chi connectivity index (χ2n) is 4.50. The van der Waals surface area contributed by atoms with E-state index in [1.165, 1.54) is 13.8 Å². The van der Waals surface area contributed by atoms with Crippen molar-refractivity contribution in [1.29, 1.82) is 0 Å². The monoisotopic (exact) mass is 482 g/mol. The number of hydrazone groups is 1. The minimum atomic E-state index is -1.29. The number of nitrogens with one attached hydrogen (secondary N) is 1. The number of carbonyl (C=O) groups is 2. The highest BCUT2D eigenvalue weighted by molar-refractivity contribution is 9.11. The zero-order chi connectivity index (χ0) is 15.8. The van der Waals surface area contributed by atoms with E-state index in [9.17, 15) is 9.59 Å². The molecule has 2 rings (SSSR count). The number of hydrogen-bond donors (Lipinski definition) is 1. The fraction of sp³-hybridized carbons (Fsp3) is 0.250. The third-order valence-corrected chi connectivity index (χ3v) is 4.06. The zero-order valence-electron chi connectivity index (χ0n) is 10.9. The molecule has 21 heavy (non-hydrogen) atoms. The zero-order valence-corrected chi connectivity index (χ0v) is 15.6. The molecule has 0 saturated carbocycles. The van der Waals surface area contributed by atoms with Gasteiger partial charge in [-0.2, -0.15) is 5.10 Å². The lowest BCUT2D eigenvalue weighted by atomic mass is 10.3. The Balaban J connectivity index is 2.26. The van der Waals surface area contributed by atoms with E-state index in [1.807, 2.05) is 0 Å². The van der Waals surface area contributed by atoms with Crippen LogP contribution in [-0.4, -0.2) is 23.4 Å². The largest absolute Gasteiger partial charge is 0.418 e. The van der Waals surface area contributed by atoms with Crippen LogP contribution in [0.4, 0.5) is 5.69 Å². The lowest BCUT2D eigenvalue weighted by molar-refractivity contribution is -0.214. The summed E-state index contributed by atoms with van der Waals surface area (Å²) in [5, 5.41) is 3.77. The van der Waals surface area contributed by atoms with E-state index in [0.717, 1.165) is 4.47 Å². The van der Waals surface area contributed by atoms with Gasteiger partial charge in [-0.15, -0.1) is 0 Å². The van der Waals surface area contributed by atoms with E-state index < -0.39 is 23.4 Å². The molecular formula is C12H9Br3N2O4. The maximum atomic E-state index is 11.7. The van der Waals surface area contributed by atoms with Gasteiger partial charge in [0.25, 0.3) is 11.5 Å². The molecule has 0 aliphatic carbocycles. The van der Waals surface area contributed by atoms with E-state index in [0.29, 0.717) is 14.6 Å². The first-order valence-corrected chi connectivity index (χ1v) is 8.02. The Kier molecular flexibility index (Phi) is 4.74. The summed E-state index contributed by atoms with van der Waals surface area (Å²) in [5.74, 6) is -2.97. The third-order valence-electron chi connectivity index (χ3n) is 2.35. The molecule has 1 aromatic rings. The summed E-state index contributed by atoms with van der Waals surface area (Å²) < 4.78 is 12.1. The van der Waals surface area contributed by atoms with Gasteiger partial charge in [-0.1, -0.05) is 15.9 Å². The van der Waals surface area contributed by atoms with Crippen molar-refractivity contribution in [2.45, 2.75) is 19.6 Å². The lowest BCUT2D eigenvalue weighted by Gasteiger charge is -2.28. The van der Waals surface area contributed by atoms with Gasteiger partial charge in [-0.05, 0) is 44.0 Å². The topological polar surface area (TPSA) is 77.0 Å². The van der Waals surface area contributed by atoms with Crippen molar-refractivity contribution in [3.8, 4) is 0 Å². The molecule has 0 bridgehead atoms. The van der Waals surface area contributed by atoms with Crippen LogP contribution in [0.3, 0.4) is 0 Å². The van der Waals surface area contributed by atoms with Gasteiger partial charge in [-0.3, -0.25) is 5.43 Å². The van der Waals surface area contributed by atoms with E-state index in [4.69, 9.17) is 9.47 Å². The minimum absolute atomic E-state index is 0.448. The Morgan fingerprint density at radius 2 is 1.52 bits per heavy atom. The SMILES string of the molecule is CC1(C)OC(=O)C(=NNc2c(Br)cc(Br)cc2Br)C(=O)O1. The van der Waals surface area contributed by atoms with Gasteiger partial charge in [0.2, 0.25) is 0 Å². The van der Waals surface area contributed by atoms with Crippen molar-refractivity contribution in [2.24, 2.45) is 5.10 Å². The van der Waals surface area contributed by atoms with Crippen LogP contribution in [0.2, 0.25) is 0 Å². The summed E-state index contributed by atoms with van der Waals surface area (Å²) in [4.78, 5) is 23.5. The summed E-state index contributed by atoms with van der Waals surface area (Å²) in [6, 6.07) is 3.57. The highest BCUT2D eigenvalue weighted by Gasteiger charge is 2.40. The molecule has 1 heterocycles. The van der Waals surface area contributed by atoms with Gasteiger partial charge in [0.05, 0.1) is 5.69 Å². The molecule has 0 atom stereocenters. The number of esters is 2. The lowest BCUT2D eigenvalue weighted by Crippen LogP contribution is -2.47. The number of cyclic esters (lactones) is 2. The van der Waals surface area contributed by atoms with Gasteiger partial charge in [-0.25, -0.2) is 9.59 Å². The first-order valence-electron chi connectivity index (χ1n) is 5.64. The van der Waals surface area contributed by atoms with Crippen LogP contribution >= 0.6 is 47.8 Å². The number of anilines is 1. The number of rotatable bonds is 2. The predicted molar refractivity (Wildman–Crippen MR) is 86.9 cm³/mol. The first-order chi connectivity index (χ1) is 9.69. The Morgan fingerprint density at radius 3 is 2.00 bits per heavy atom. The van der Waals surface area contributed by atoms with Gasteiger partial charge in [0.1, 0.15) is 0 Å². The minimum Gasteiger partial charge on any atom is -0.418 e. The average molecular weight is 485 g/mol. The molecule has 9 heteroatoms. The molecule has 1 aliphatic rings. The Labute approximate surface area is 145 Å². The molecule has 0 radical (unpaired) electrons. The van der Waals surface area contributed by atoms with Crippen molar-refractivity contribution in [3.63, 3.8) is 0 Å².